The van der Waals surface area contributed by atoms with Crippen LogP contribution in [-0.2, 0) is 26.7 Å². The van der Waals surface area contributed by atoms with E-state index in [1.807, 2.05) is 13.1 Å². The first kappa shape index (κ1) is 13.6. The zero-order chi connectivity index (χ0) is 13.9. The highest BCUT2D eigenvalue weighted by Crippen LogP contribution is 2.17. The van der Waals surface area contributed by atoms with E-state index in [-0.39, 0.29) is 0 Å². The van der Waals surface area contributed by atoms with Crippen LogP contribution in [0.25, 0.3) is 0 Å². The minimum Gasteiger partial charge on any atom is -0.307 e. The van der Waals surface area contributed by atoms with Crippen molar-refractivity contribution in [2.45, 2.75) is 25.8 Å². The maximum atomic E-state index is 12.1. The predicted molar refractivity (Wildman–Crippen MR) is 62.0 cm³/mol. The van der Waals surface area contributed by atoms with E-state index < -0.39 is 12.7 Å². The molecule has 19 heavy (non-hydrogen) atoms. The molecule has 2 aromatic heterocycles. The van der Waals surface area contributed by atoms with Gasteiger partial charge in [0.15, 0.2) is 0 Å². The summed E-state index contributed by atoms with van der Waals surface area (Å²) in [6.45, 7) is -0.00127. The molecule has 8 heteroatoms. The average Bonchev–Trinajstić information content (AvgIpc) is 2.87. The third-order valence-electron chi connectivity index (χ3n) is 2.59. The molecule has 0 spiro atoms. The molecule has 0 aromatic carbocycles. The third-order valence-corrected chi connectivity index (χ3v) is 2.59. The van der Waals surface area contributed by atoms with Gasteiger partial charge in [0.2, 0.25) is 0 Å². The van der Waals surface area contributed by atoms with Gasteiger partial charge in [-0.05, 0) is 6.07 Å². The van der Waals surface area contributed by atoms with Crippen LogP contribution in [0.2, 0.25) is 0 Å². The lowest BCUT2D eigenvalue weighted by Gasteiger charge is -2.05. The molecule has 2 aromatic rings. The van der Waals surface area contributed by atoms with Crippen LogP contribution in [-0.4, -0.2) is 25.7 Å². The molecule has 0 radical (unpaired) electrons. The van der Waals surface area contributed by atoms with Gasteiger partial charge in [-0.2, -0.15) is 23.4 Å². The van der Waals surface area contributed by atoms with Gasteiger partial charge in [-0.1, -0.05) is 0 Å². The summed E-state index contributed by atoms with van der Waals surface area (Å²) >= 11 is 0. The van der Waals surface area contributed by atoms with E-state index in [0.717, 1.165) is 10.4 Å². The summed E-state index contributed by atoms with van der Waals surface area (Å²) in [6.07, 6.45) is 0.273. The van der Waals surface area contributed by atoms with E-state index >= 15 is 0 Å². The number of aromatic nitrogens is 4. The van der Waals surface area contributed by atoms with Crippen LogP contribution in [0.1, 0.15) is 11.3 Å². The topological polar surface area (TPSA) is 47.7 Å². The SMILES string of the molecule is Cn1nccc1CNCc1cnn(CC(F)(F)F)c1. The van der Waals surface area contributed by atoms with Crippen molar-refractivity contribution in [1.29, 1.82) is 0 Å². The van der Waals surface area contributed by atoms with Crippen LogP contribution in [0.4, 0.5) is 13.2 Å². The largest absolute Gasteiger partial charge is 0.408 e. The molecule has 0 fully saturated rings. The second-order valence-electron chi connectivity index (χ2n) is 4.21. The van der Waals surface area contributed by atoms with Crippen molar-refractivity contribution in [3.8, 4) is 0 Å². The molecule has 0 saturated carbocycles. The molecular weight excluding hydrogens is 259 g/mol. The standard InChI is InChI=1S/C11H14F3N5/c1-18-10(2-3-16-18)6-15-4-9-5-17-19(7-9)8-11(12,13)14/h2-3,5,7,15H,4,6,8H2,1H3. The highest BCUT2D eigenvalue weighted by Gasteiger charge is 2.28. The maximum Gasteiger partial charge on any atom is 0.408 e. The summed E-state index contributed by atoms with van der Waals surface area (Å²) in [7, 11) is 1.83. The van der Waals surface area contributed by atoms with E-state index in [9.17, 15) is 13.2 Å². The van der Waals surface area contributed by atoms with Crippen molar-refractivity contribution >= 4 is 0 Å². The van der Waals surface area contributed by atoms with Gasteiger partial charge in [0.1, 0.15) is 6.54 Å². The van der Waals surface area contributed by atoms with Gasteiger partial charge in [-0.3, -0.25) is 9.36 Å². The Morgan fingerprint density at radius 2 is 2.05 bits per heavy atom. The quantitative estimate of drug-likeness (QED) is 0.897. The van der Waals surface area contributed by atoms with E-state index in [0.29, 0.717) is 18.7 Å². The van der Waals surface area contributed by atoms with Crippen LogP contribution in [0.3, 0.4) is 0 Å². The minimum absolute atomic E-state index is 0.461. The molecule has 2 rings (SSSR count). The van der Waals surface area contributed by atoms with Crippen molar-refractivity contribution in [3.05, 3.63) is 35.9 Å². The molecule has 0 amide bonds. The Morgan fingerprint density at radius 3 is 2.68 bits per heavy atom. The van der Waals surface area contributed by atoms with E-state index in [2.05, 4.69) is 15.5 Å². The Labute approximate surface area is 108 Å². The average molecular weight is 273 g/mol. The Bertz CT molecular complexity index is 528. The number of hydrogen-bond acceptors (Lipinski definition) is 3. The lowest BCUT2D eigenvalue weighted by Crippen LogP contribution is -2.18. The van der Waals surface area contributed by atoms with Gasteiger partial charge in [0.05, 0.1) is 11.9 Å². The zero-order valence-electron chi connectivity index (χ0n) is 10.4. The number of rotatable bonds is 5. The molecule has 0 atom stereocenters. The van der Waals surface area contributed by atoms with Crippen molar-refractivity contribution < 1.29 is 13.2 Å². The summed E-state index contributed by atoms with van der Waals surface area (Å²) in [4.78, 5) is 0. The van der Waals surface area contributed by atoms with Gasteiger partial charge < -0.3 is 5.32 Å². The highest BCUT2D eigenvalue weighted by molar-refractivity contribution is 5.05. The van der Waals surface area contributed by atoms with Crippen molar-refractivity contribution in [2.75, 3.05) is 0 Å². The lowest BCUT2D eigenvalue weighted by molar-refractivity contribution is -0.142. The third kappa shape index (κ3) is 4.09. The summed E-state index contributed by atoms with van der Waals surface area (Å²) in [5, 5.41) is 10.8. The highest BCUT2D eigenvalue weighted by atomic mass is 19.4. The van der Waals surface area contributed by atoms with Crippen LogP contribution in [0.15, 0.2) is 24.7 Å². The molecule has 5 nitrogen and oxygen atoms in total. The molecule has 0 aliphatic rings. The molecular formula is C11H14F3N5. The van der Waals surface area contributed by atoms with Crippen LogP contribution in [0, 0.1) is 0 Å². The number of nitrogens with one attached hydrogen (secondary N) is 1. The van der Waals surface area contributed by atoms with Gasteiger partial charge in [0.25, 0.3) is 0 Å². The zero-order valence-corrected chi connectivity index (χ0v) is 10.4. The number of hydrogen-bond donors (Lipinski definition) is 1. The first-order valence-corrected chi connectivity index (χ1v) is 5.70. The molecule has 0 aliphatic heterocycles. The Hall–Kier alpha value is -1.83. The lowest BCUT2D eigenvalue weighted by atomic mass is 10.3. The van der Waals surface area contributed by atoms with Crippen molar-refractivity contribution in [3.63, 3.8) is 0 Å². The molecule has 1 N–H and O–H groups in total. The Morgan fingerprint density at radius 1 is 1.26 bits per heavy atom. The molecule has 0 aliphatic carbocycles. The molecule has 0 unspecified atom stereocenters. The Kier molecular flexibility index (Phi) is 3.89. The fourth-order valence-corrected chi connectivity index (χ4v) is 1.68. The van der Waals surface area contributed by atoms with Gasteiger partial charge >= 0.3 is 6.18 Å². The van der Waals surface area contributed by atoms with Crippen molar-refractivity contribution in [2.24, 2.45) is 7.05 Å². The number of nitrogens with zero attached hydrogens (tertiary/aromatic N) is 4. The predicted octanol–water partition coefficient (Wildman–Crippen LogP) is 1.47. The van der Waals surface area contributed by atoms with E-state index in [1.54, 1.807) is 10.9 Å². The first-order valence-electron chi connectivity index (χ1n) is 5.70. The van der Waals surface area contributed by atoms with Gasteiger partial charge in [0, 0.05) is 38.1 Å². The summed E-state index contributed by atoms with van der Waals surface area (Å²) in [5.74, 6) is 0. The number of alkyl halides is 3. The molecule has 104 valence electrons. The summed E-state index contributed by atoms with van der Waals surface area (Å²) < 4.78 is 39.1. The number of aryl methyl sites for hydroxylation is 1. The van der Waals surface area contributed by atoms with E-state index in [1.165, 1.54) is 12.4 Å². The normalized spacial score (nSPS) is 12.0. The number of halogens is 3. The second-order valence-corrected chi connectivity index (χ2v) is 4.21. The fourth-order valence-electron chi connectivity index (χ4n) is 1.68. The molecule has 0 saturated heterocycles. The smallest absolute Gasteiger partial charge is 0.307 e. The van der Waals surface area contributed by atoms with Gasteiger partial charge in [-0.15, -0.1) is 0 Å². The van der Waals surface area contributed by atoms with Crippen LogP contribution < -0.4 is 5.32 Å². The Balaban J connectivity index is 1.82. The maximum absolute atomic E-state index is 12.1. The molecule has 0 bridgehead atoms. The van der Waals surface area contributed by atoms with E-state index in [4.69, 9.17) is 0 Å². The molecule has 2 heterocycles. The summed E-state index contributed by atoms with van der Waals surface area (Å²) in [6, 6.07) is 1.88. The second kappa shape index (κ2) is 5.43. The van der Waals surface area contributed by atoms with Crippen LogP contribution in [0.5, 0.6) is 0 Å². The summed E-state index contributed by atoms with van der Waals surface area (Å²) in [5.41, 5.74) is 1.72. The first-order chi connectivity index (χ1) is 8.94. The minimum atomic E-state index is -4.24. The van der Waals surface area contributed by atoms with Crippen LogP contribution >= 0.6 is 0 Å². The van der Waals surface area contributed by atoms with Crippen molar-refractivity contribution in [1.82, 2.24) is 24.9 Å². The monoisotopic (exact) mass is 273 g/mol. The fraction of sp³-hybridized carbons (Fsp3) is 0.455. The van der Waals surface area contributed by atoms with Gasteiger partial charge in [-0.25, -0.2) is 0 Å².